The SMILES string of the molecule is CCc1nccn1C[C@@](c1cccc(F)c1)(C1CCNCC1)[C@H]1CCC[C@@H]1NC(=O)OC. The Morgan fingerprint density at radius 3 is 2.84 bits per heavy atom. The van der Waals surface area contributed by atoms with Gasteiger partial charge in [0.05, 0.1) is 7.11 Å². The van der Waals surface area contributed by atoms with E-state index in [1.54, 1.807) is 6.07 Å². The number of hydrogen-bond acceptors (Lipinski definition) is 4. The van der Waals surface area contributed by atoms with Crippen LogP contribution in [0.1, 0.15) is 50.4 Å². The van der Waals surface area contributed by atoms with Gasteiger partial charge in [-0.25, -0.2) is 14.2 Å². The number of amides is 1. The van der Waals surface area contributed by atoms with E-state index >= 15 is 0 Å². The summed E-state index contributed by atoms with van der Waals surface area (Å²) in [6.45, 7) is 4.75. The second kappa shape index (κ2) is 10.0. The molecule has 0 bridgehead atoms. The van der Waals surface area contributed by atoms with Gasteiger partial charge in [-0.3, -0.25) is 0 Å². The number of carbonyl (C=O) groups excluding carboxylic acids is 1. The maximum absolute atomic E-state index is 14.6. The number of alkyl carbamates (subject to hydrolysis) is 1. The normalized spacial score (nSPS) is 23.6. The summed E-state index contributed by atoms with van der Waals surface area (Å²) in [7, 11) is 1.41. The lowest BCUT2D eigenvalue weighted by atomic mass is 9.58. The van der Waals surface area contributed by atoms with E-state index < -0.39 is 6.09 Å². The lowest BCUT2D eigenvalue weighted by molar-refractivity contribution is 0.0915. The molecule has 1 aromatic heterocycles. The van der Waals surface area contributed by atoms with Gasteiger partial charge in [0, 0.05) is 36.8 Å². The van der Waals surface area contributed by atoms with Gasteiger partial charge in [0.25, 0.3) is 0 Å². The zero-order valence-electron chi connectivity index (χ0n) is 19.1. The van der Waals surface area contributed by atoms with Crippen LogP contribution in [-0.2, 0) is 23.1 Å². The highest BCUT2D eigenvalue weighted by Crippen LogP contribution is 2.51. The Kier molecular flexibility index (Phi) is 7.13. The first-order chi connectivity index (χ1) is 15.6. The minimum Gasteiger partial charge on any atom is -0.453 e. The molecule has 3 atom stereocenters. The van der Waals surface area contributed by atoms with Crippen molar-refractivity contribution in [3.8, 4) is 0 Å². The number of imidazole rings is 1. The molecule has 0 spiro atoms. The fraction of sp³-hybridized carbons (Fsp3) is 0.600. The first-order valence-corrected chi connectivity index (χ1v) is 11.9. The third-order valence-electron chi connectivity index (χ3n) is 7.65. The molecule has 2 heterocycles. The Labute approximate surface area is 189 Å². The largest absolute Gasteiger partial charge is 0.453 e. The predicted molar refractivity (Wildman–Crippen MR) is 122 cm³/mol. The van der Waals surface area contributed by atoms with E-state index in [2.05, 4.69) is 33.2 Å². The lowest BCUT2D eigenvalue weighted by Gasteiger charge is -2.50. The number of nitrogens with one attached hydrogen (secondary N) is 2. The number of methoxy groups -OCH3 is 1. The first-order valence-electron chi connectivity index (χ1n) is 11.9. The molecule has 1 aliphatic carbocycles. The Hall–Kier alpha value is -2.41. The molecule has 2 fully saturated rings. The fourth-order valence-electron chi connectivity index (χ4n) is 6.25. The molecule has 32 heavy (non-hydrogen) atoms. The average molecular weight is 443 g/mol. The van der Waals surface area contributed by atoms with E-state index in [0.29, 0.717) is 5.92 Å². The summed E-state index contributed by atoms with van der Waals surface area (Å²) in [5.74, 6) is 1.37. The topological polar surface area (TPSA) is 68.2 Å². The Morgan fingerprint density at radius 2 is 2.12 bits per heavy atom. The maximum atomic E-state index is 14.6. The van der Waals surface area contributed by atoms with Gasteiger partial charge in [0.15, 0.2) is 0 Å². The second-order valence-electron chi connectivity index (χ2n) is 9.18. The highest BCUT2D eigenvalue weighted by atomic mass is 19.1. The molecule has 7 heteroatoms. The molecule has 4 rings (SSSR count). The van der Waals surface area contributed by atoms with Gasteiger partial charge in [-0.2, -0.15) is 0 Å². The van der Waals surface area contributed by atoms with Gasteiger partial charge in [-0.1, -0.05) is 25.5 Å². The average Bonchev–Trinajstić information content (AvgIpc) is 3.47. The van der Waals surface area contributed by atoms with Crippen LogP contribution in [0.3, 0.4) is 0 Å². The van der Waals surface area contributed by atoms with Crippen molar-refractivity contribution < 1.29 is 13.9 Å². The summed E-state index contributed by atoms with van der Waals surface area (Å²) in [6.07, 6.45) is 9.33. The number of ether oxygens (including phenoxy) is 1. The quantitative estimate of drug-likeness (QED) is 0.679. The predicted octanol–water partition coefficient (Wildman–Crippen LogP) is 4.05. The highest BCUT2D eigenvalue weighted by molar-refractivity contribution is 5.67. The zero-order valence-corrected chi connectivity index (χ0v) is 19.1. The number of hydrogen-bond donors (Lipinski definition) is 2. The molecule has 0 radical (unpaired) electrons. The fourth-order valence-corrected chi connectivity index (χ4v) is 6.25. The van der Waals surface area contributed by atoms with Crippen LogP contribution in [0.2, 0.25) is 0 Å². The van der Waals surface area contributed by atoms with Crippen LogP contribution < -0.4 is 10.6 Å². The number of nitrogens with zero attached hydrogens (tertiary/aromatic N) is 2. The molecule has 6 nitrogen and oxygen atoms in total. The van der Waals surface area contributed by atoms with E-state index in [-0.39, 0.29) is 23.2 Å². The van der Waals surface area contributed by atoms with Crippen LogP contribution in [0.25, 0.3) is 0 Å². The van der Waals surface area contributed by atoms with Crippen LogP contribution in [0.15, 0.2) is 36.7 Å². The summed E-state index contributed by atoms with van der Waals surface area (Å²) in [6, 6.07) is 7.14. The third-order valence-corrected chi connectivity index (χ3v) is 7.65. The minimum absolute atomic E-state index is 0.00537. The number of carbonyl (C=O) groups is 1. The van der Waals surface area contributed by atoms with Crippen LogP contribution in [0, 0.1) is 17.7 Å². The molecule has 1 aromatic carbocycles. The summed E-state index contributed by atoms with van der Waals surface area (Å²) in [4.78, 5) is 16.8. The third kappa shape index (κ3) is 4.40. The zero-order chi connectivity index (χ0) is 22.6. The summed E-state index contributed by atoms with van der Waals surface area (Å²) >= 11 is 0. The van der Waals surface area contributed by atoms with Crippen molar-refractivity contribution in [2.75, 3.05) is 20.2 Å². The summed E-state index contributed by atoms with van der Waals surface area (Å²) in [5.41, 5.74) is 0.709. The van der Waals surface area contributed by atoms with E-state index in [9.17, 15) is 9.18 Å². The molecule has 174 valence electrons. The van der Waals surface area contributed by atoms with Gasteiger partial charge in [0.2, 0.25) is 0 Å². The molecule has 1 saturated carbocycles. The summed E-state index contributed by atoms with van der Waals surface area (Å²) < 4.78 is 21.8. The van der Waals surface area contributed by atoms with Crippen molar-refractivity contribution in [2.24, 2.45) is 11.8 Å². The van der Waals surface area contributed by atoms with Crippen molar-refractivity contribution >= 4 is 6.09 Å². The molecule has 2 aliphatic rings. The van der Waals surface area contributed by atoms with Gasteiger partial charge < -0.3 is 19.9 Å². The number of rotatable bonds is 7. The Morgan fingerprint density at radius 1 is 1.31 bits per heavy atom. The molecular weight excluding hydrogens is 407 g/mol. The van der Waals surface area contributed by atoms with Crippen molar-refractivity contribution in [2.45, 2.75) is 63.5 Å². The van der Waals surface area contributed by atoms with Crippen molar-refractivity contribution in [1.29, 1.82) is 0 Å². The minimum atomic E-state index is -0.391. The van der Waals surface area contributed by atoms with Crippen LogP contribution in [0.4, 0.5) is 9.18 Å². The van der Waals surface area contributed by atoms with Gasteiger partial charge in [-0.15, -0.1) is 0 Å². The van der Waals surface area contributed by atoms with Crippen molar-refractivity contribution in [3.63, 3.8) is 0 Å². The molecule has 1 saturated heterocycles. The number of aromatic nitrogens is 2. The summed E-state index contributed by atoms with van der Waals surface area (Å²) in [5, 5.41) is 6.61. The Bertz CT molecular complexity index is 911. The molecule has 1 amide bonds. The number of piperidine rings is 1. The molecular formula is C25H35FN4O2. The van der Waals surface area contributed by atoms with E-state index in [4.69, 9.17) is 4.74 Å². The molecule has 0 unspecified atom stereocenters. The van der Waals surface area contributed by atoms with Crippen molar-refractivity contribution in [3.05, 3.63) is 53.9 Å². The van der Waals surface area contributed by atoms with Gasteiger partial charge >= 0.3 is 6.09 Å². The highest BCUT2D eigenvalue weighted by Gasteiger charge is 2.52. The lowest BCUT2D eigenvalue weighted by Crippen LogP contribution is -2.54. The molecule has 1 aliphatic heterocycles. The van der Waals surface area contributed by atoms with E-state index in [1.807, 2.05) is 18.5 Å². The molecule has 2 N–H and O–H groups in total. The number of benzene rings is 1. The second-order valence-corrected chi connectivity index (χ2v) is 9.18. The maximum Gasteiger partial charge on any atom is 0.407 e. The standard InChI is InChI=1S/C25H35FN4O2/c1-3-23-28-14-15-30(23)17-25(18-10-12-27-13-11-18,19-6-4-7-20(26)16-19)21-8-5-9-22(21)29-24(31)32-2/h4,6-7,14-16,18,21-22,27H,3,5,8-13,17H2,1-2H3,(H,29,31)/t21-,22-,25-/m0/s1. The molecule has 2 aromatic rings. The van der Waals surface area contributed by atoms with Crippen LogP contribution >= 0.6 is 0 Å². The Balaban J connectivity index is 1.86. The smallest absolute Gasteiger partial charge is 0.407 e. The monoisotopic (exact) mass is 442 g/mol. The van der Waals surface area contributed by atoms with Gasteiger partial charge in [0.1, 0.15) is 11.6 Å². The first kappa shape index (κ1) is 22.8. The van der Waals surface area contributed by atoms with E-state index in [1.165, 1.54) is 13.2 Å². The number of halogens is 1. The van der Waals surface area contributed by atoms with Crippen molar-refractivity contribution in [1.82, 2.24) is 20.2 Å². The number of aryl methyl sites for hydroxylation is 1. The van der Waals surface area contributed by atoms with E-state index in [0.717, 1.165) is 69.5 Å². The van der Waals surface area contributed by atoms with Gasteiger partial charge in [-0.05, 0) is 68.3 Å². The van der Waals surface area contributed by atoms with Crippen LogP contribution in [-0.4, -0.2) is 41.9 Å². The van der Waals surface area contributed by atoms with Crippen LogP contribution in [0.5, 0.6) is 0 Å².